The number of nitrogens with zero attached hydrogens (tertiary/aromatic N) is 1. The lowest BCUT2D eigenvalue weighted by molar-refractivity contribution is -0.128. The summed E-state index contributed by atoms with van der Waals surface area (Å²) in [4.78, 5) is 23.9. The summed E-state index contributed by atoms with van der Waals surface area (Å²) in [5.74, 6) is -0.174. The van der Waals surface area contributed by atoms with Crippen molar-refractivity contribution in [2.45, 2.75) is 71.4 Å². The van der Waals surface area contributed by atoms with E-state index in [0.717, 1.165) is 36.9 Å². The molecular formula is C17H27N3O3. The van der Waals surface area contributed by atoms with Crippen LogP contribution in [0.4, 0.5) is 0 Å². The Kier molecular flexibility index (Phi) is 6.77. The van der Waals surface area contributed by atoms with E-state index < -0.39 is 0 Å². The second kappa shape index (κ2) is 8.82. The average molecular weight is 321 g/mol. The van der Waals surface area contributed by atoms with Crippen molar-refractivity contribution in [3.63, 3.8) is 0 Å². The van der Waals surface area contributed by atoms with E-state index in [9.17, 15) is 9.59 Å². The molecule has 1 aliphatic rings. The lowest BCUT2D eigenvalue weighted by atomic mass is 9.98. The molecule has 1 fully saturated rings. The van der Waals surface area contributed by atoms with Crippen molar-refractivity contribution in [1.29, 1.82) is 0 Å². The van der Waals surface area contributed by atoms with Gasteiger partial charge in [0.05, 0.1) is 11.8 Å². The molecule has 1 heterocycles. The van der Waals surface area contributed by atoms with Crippen LogP contribution in [0, 0.1) is 0 Å². The van der Waals surface area contributed by atoms with Crippen molar-refractivity contribution in [1.82, 2.24) is 15.5 Å². The lowest BCUT2D eigenvalue weighted by Gasteiger charge is -2.21. The molecule has 2 N–H and O–H groups in total. The van der Waals surface area contributed by atoms with E-state index >= 15 is 0 Å². The first-order valence-electron chi connectivity index (χ1n) is 8.63. The highest BCUT2D eigenvalue weighted by molar-refractivity contribution is 5.77. The number of carbonyl (C=O) groups is 1. The number of amides is 1. The van der Waals surface area contributed by atoms with Gasteiger partial charge < -0.3 is 10.1 Å². The second-order valence-corrected chi connectivity index (χ2v) is 6.01. The van der Waals surface area contributed by atoms with Crippen LogP contribution in [0.25, 0.3) is 0 Å². The molecule has 128 valence electrons. The molecule has 6 heteroatoms. The molecule has 0 atom stereocenters. The van der Waals surface area contributed by atoms with E-state index in [1.165, 1.54) is 19.3 Å². The molecule has 6 nitrogen and oxygen atoms in total. The summed E-state index contributed by atoms with van der Waals surface area (Å²) in [6.45, 7) is 4.28. The molecule has 0 unspecified atom stereocenters. The van der Waals surface area contributed by atoms with Crippen LogP contribution in [0.15, 0.2) is 4.79 Å². The first-order valence-corrected chi connectivity index (χ1v) is 8.63. The quantitative estimate of drug-likeness (QED) is 0.803. The number of H-pyrrole nitrogens is 1. The highest BCUT2D eigenvalue weighted by atomic mass is 16.5. The van der Waals surface area contributed by atoms with E-state index in [1.54, 1.807) is 0 Å². The standard InChI is InChI=1S/C17H27N3O3/c1-3-13-14(17(22)20-19-15(13)4-2)10-18-16(21)11-23-12-8-6-5-7-9-12/h12H,3-11H2,1-2H3,(H,18,21)(H,20,22). The average Bonchev–Trinajstić information content (AvgIpc) is 2.59. The largest absolute Gasteiger partial charge is 0.368 e. The fourth-order valence-electron chi connectivity index (χ4n) is 3.12. The number of ether oxygens (including phenoxy) is 1. The number of carbonyl (C=O) groups excluding carboxylic acids is 1. The van der Waals surface area contributed by atoms with Gasteiger partial charge in [0.2, 0.25) is 5.91 Å². The minimum absolute atomic E-state index is 0.0652. The summed E-state index contributed by atoms with van der Waals surface area (Å²) in [6.07, 6.45) is 7.38. The van der Waals surface area contributed by atoms with Gasteiger partial charge in [-0.15, -0.1) is 0 Å². The van der Waals surface area contributed by atoms with E-state index in [1.807, 2.05) is 13.8 Å². The summed E-state index contributed by atoms with van der Waals surface area (Å²) in [6, 6.07) is 0. The van der Waals surface area contributed by atoms with Crippen molar-refractivity contribution in [2.75, 3.05) is 6.61 Å². The number of nitrogens with one attached hydrogen (secondary N) is 2. The Morgan fingerprint density at radius 2 is 1.96 bits per heavy atom. The third-order valence-corrected chi connectivity index (χ3v) is 4.43. The lowest BCUT2D eigenvalue weighted by Crippen LogP contribution is -2.33. The number of rotatable bonds is 7. The zero-order chi connectivity index (χ0) is 16.7. The summed E-state index contributed by atoms with van der Waals surface area (Å²) < 4.78 is 5.65. The molecule has 0 spiro atoms. The highest BCUT2D eigenvalue weighted by Crippen LogP contribution is 2.20. The van der Waals surface area contributed by atoms with Crippen molar-refractivity contribution in [3.8, 4) is 0 Å². The number of aromatic nitrogens is 2. The zero-order valence-corrected chi connectivity index (χ0v) is 14.1. The normalized spacial score (nSPS) is 15.6. The number of hydrogen-bond acceptors (Lipinski definition) is 4. The summed E-state index contributed by atoms with van der Waals surface area (Å²) in [5.41, 5.74) is 2.19. The maximum Gasteiger partial charge on any atom is 0.269 e. The molecule has 0 saturated heterocycles. The topological polar surface area (TPSA) is 84.1 Å². The molecule has 0 radical (unpaired) electrons. The molecule has 0 aliphatic heterocycles. The van der Waals surface area contributed by atoms with Crippen LogP contribution in [0.3, 0.4) is 0 Å². The van der Waals surface area contributed by atoms with Crippen LogP contribution in [0.2, 0.25) is 0 Å². The number of aryl methyl sites for hydroxylation is 1. The first kappa shape index (κ1) is 17.7. The first-order chi connectivity index (χ1) is 11.2. The van der Waals surface area contributed by atoms with Gasteiger partial charge in [0.1, 0.15) is 6.61 Å². The molecule has 0 bridgehead atoms. The molecule has 2 rings (SSSR count). The van der Waals surface area contributed by atoms with E-state index in [4.69, 9.17) is 4.74 Å². The predicted octanol–water partition coefficient (Wildman–Crippen LogP) is 1.86. The molecule has 1 aliphatic carbocycles. The summed E-state index contributed by atoms with van der Waals surface area (Å²) in [5, 5.41) is 9.39. The molecule has 23 heavy (non-hydrogen) atoms. The van der Waals surface area contributed by atoms with Crippen LogP contribution in [-0.4, -0.2) is 28.8 Å². The Hall–Kier alpha value is -1.69. The third kappa shape index (κ3) is 4.89. The van der Waals surface area contributed by atoms with Crippen molar-refractivity contribution < 1.29 is 9.53 Å². The van der Waals surface area contributed by atoms with Crippen LogP contribution in [0.5, 0.6) is 0 Å². The third-order valence-electron chi connectivity index (χ3n) is 4.43. The van der Waals surface area contributed by atoms with Crippen molar-refractivity contribution >= 4 is 5.91 Å². The summed E-state index contributed by atoms with van der Waals surface area (Å²) in [7, 11) is 0. The van der Waals surface area contributed by atoms with Gasteiger partial charge in [-0.1, -0.05) is 33.1 Å². The predicted molar refractivity (Wildman–Crippen MR) is 88.3 cm³/mol. The van der Waals surface area contributed by atoms with Crippen LogP contribution < -0.4 is 10.9 Å². The zero-order valence-electron chi connectivity index (χ0n) is 14.1. The molecule has 1 aromatic rings. The Morgan fingerprint density at radius 1 is 1.22 bits per heavy atom. The molecule has 0 aromatic carbocycles. The van der Waals surface area contributed by atoms with E-state index in [0.29, 0.717) is 5.56 Å². The van der Waals surface area contributed by atoms with Crippen LogP contribution in [-0.2, 0) is 28.9 Å². The Balaban J connectivity index is 1.89. The van der Waals surface area contributed by atoms with E-state index in [-0.39, 0.29) is 30.7 Å². The van der Waals surface area contributed by atoms with E-state index in [2.05, 4.69) is 15.5 Å². The van der Waals surface area contributed by atoms with Crippen LogP contribution in [0.1, 0.15) is 62.8 Å². The van der Waals surface area contributed by atoms with Crippen molar-refractivity contribution in [2.24, 2.45) is 0 Å². The van der Waals surface area contributed by atoms with Gasteiger partial charge in [0.25, 0.3) is 5.56 Å². The van der Waals surface area contributed by atoms with Crippen molar-refractivity contribution in [3.05, 3.63) is 27.2 Å². The van der Waals surface area contributed by atoms with Gasteiger partial charge in [-0.3, -0.25) is 9.59 Å². The van der Waals surface area contributed by atoms with Crippen LogP contribution >= 0.6 is 0 Å². The van der Waals surface area contributed by atoms with Gasteiger partial charge in [-0.2, -0.15) is 5.10 Å². The second-order valence-electron chi connectivity index (χ2n) is 6.01. The fourth-order valence-corrected chi connectivity index (χ4v) is 3.12. The van der Waals surface area contributed by atoms with Gasteiger partial charge in [-0.05, 0) is 31.2 Å². The molecule has 1 aromatic heterocycles. The maximum atomic E-state index is 12.0. The highest BCUT2D eigenvalue weighted by Gasteiger charge is 2.16. The number of aromatic amines is 1. The molecular weight excluding hydrogens is 294 g/mol. The minimum Gasteiger partial charge on any atom is -0.368 e. The summed E-state index contributed by atoms with van der Waals surface area (Å²) >= 11 is 0. The van der Waals surface area contributed by atoms with Gasteiger partial charge >= 0.3 is 0 Å². The van der Waals surface area contributed by atoms with Gasteiger partial charge in [0.15, 0.2) is 0 Å². The monoisotopic (exact) mass is 321 g/mol. The SMILES string of the molecule is CCc1n[nH]c(=O)c(CNC(=O)COC2CCCCC2)c1CC. The molecule has 1 saturated carbocycles. The minimum atomic E-state index is -0.229. The molecule has 1 amide bonds. The Labute approximate surface area is 137 Å². The van der Waals surface area contributed by atoms with Gasteiger partial charge in [-0.25, -0.2) is 5.10 Å². The van der Waals surface area contributed by atoms with Gasteiger partial charge in [0, 0.05) is 12.1 Å². The number of hydrogen-bond donors (Lipinski definition) is 2. The maximum absolute atomic E-state index is 12.0. The smallest absolute Gasteiger partial charge is 0.269 e. The fraction of sp³-hybridized carbons (Fsp3) is 0.706. The Bertz CT molecular complexity index is 577. The Morgan fingerprint density at radius 3 is 2.61 bits per heavy atom.